The van der Waals surface area contributed by atoms with E-state index in [2.05, 4.69) is 9.71 Å². The number of amides is 1. The van der Waals surface area contributed by atoms with Crippen LogP contribution in [0.15, 0.2) is 24.4 Å². The molecule has 9 heteroatoms. The molecule has 3 rings (SSSR count). The van der Waals surface area contributed by atoms with Crippen LogP contribution in [-0.2, 0) is 11.3 Å². The standard InChI is InChI=1S/C19H25N3O5S/c1-26-17-11-15-14(4-7-20-16(15)12-18(17)27-2)19(23)22-9-5-13(6-10-22)3-8-21-28(24)25/h4,7,11-13,21H,3,5-6,8-10H2,1-2H3,(H,24,25). The molecule has 2 N–H and O–H groups in total. The molecular formula is C19H25N3O5S. The predicted molar refractivity (Wildman–Crippen MR) is 107 cm³/mol. The quantitative estimate of drug-likeness (QED) is 0.683. The normalized spacial score (nSPS) is 16.2. The maximum absolute atomic E-state index is 13.1. The zero-order valence-electron chi connectivity index (χ0n) is 16.0. The first kappa shape index (κ1) is 20.5. The number of rotatable bonds is 7. The van der Waals surface area contributed by atoms with Crippen LogP contribution in [0.1, 0.15) is 29.6 Å². The SMILES string of the molecule is COc1cc2nccc(C(=O)N3CCC(CCNS(=O)O)CC3)c2cc1OC. The molecule has 0 radical (unpaired) electrons. The maximum atomic E-state index is 13.1. The number of hydrogen-bond donors (Lipinski definition) is 2. The van der Waals surface area contributed by atoms with Crippen LogP contribution in [0.3, 0.4) is 0 Å². The van der Waals surface area contributed by atoms with Gasteiger partial charge in [0, 0.05) is 37.3 Å². The topological polar surface area (TPSA) is 101 Å². The number of piperidine rings is 1. The molecule has 2 aromatic rings. The number of fused-ring (bicyclic) bond motifs is 1. The highest BCUT2D eigenvalue weighted by molar-refractivity contribution is 7.77. The van der Waals surface area contributed by atoms with E-state index in [1.54, 1.807) is 38.6 Å². The van der Waals surface area contributed by atoms with E-state index in [0.29, 0.717) is 48.1 Å². The van der Waals surface area contributed by atoms with E-state index < -0.39 is 11.3 Å². The summed E-state index contributed by atoms with van der Waals surface area (Å²) in [5.74, 6) is 1.56. The molecule has 1 aliphatic rings. The number of carbonyl (C=O) groups is 1. The molecule has 28 heavy (non-hydrogen) atoms. The van der Waals surface area contributed by atoms with Gasteiger partial charge in [0.05, 0.1) is 25.3 Å². The Morgan fingerprint density at radius 2 is 1.96 bits per heavy atom. The van der Waals surface area contributed by atoms with Gasteiger partial charge in [0.15, 0.2) is 11.5 Å². The van der Waals surface area contributed by atoms with Gasteiger partial charge in [-0.05, 0) is 37.3 Å². The molecular weight excluding hydrogens is 382 g/mol. The lowest BCUT2D eigenvalue weighted by molar-refractivity contribution is 0.0689. The summed E-state index contributed by atoms with van der Waals surface area (Å²) >= 11 is -1.97. The van der Waals surface area contributed by atoms with Crippen molar-refractivity contribution in [2.24, 2.45) is 5.92 Å². The van der Waals surface area contributed by atoms with Crippen molar-refractivity contribution in [2.45, 2.75) is 19.3 Å². The molecule has 1 fully saturated rings. The Labute approximate surface area is 166 Å². The average molecular weight is 407 g/mol. The summed E-state index contributed by atoms with van der Waals surface area (Å²) in [4.78, 5) is 19.3. The van der Waals surface area contributed by atoms with Gasteiger partial charge < -0.3 is 14.4 Å². The highest BCUT2D eigenvalue weighted by Gasteiger charge is 2.25. The average Bonchev–Trinajstić information content (AvgIpc) is 2.72. The molecule has 152 valence electrons. The van der Waals surface area contributed by atoms with Crippen LogP contribution in [0.4, 0.5) is 0 Å². The first-order valence-corrected chi connectivity index (χ1v) is 10.3. The van der Waals surface area contributed by atoms with E-state index in [-0.39, 0.29) is 5.91 Å². The fourth-order valence-electron chi connectivity index (χ4n) is 3.60. The van der Waals surface area contributed by atoms with Crippen LogP contribution < -0.4 is 14.2 Å². The number of ether oxygens (including phenoxy) is 2. The monoisotopic (exact) mass is 407 g/mol. The smallest absolute Gasteiger partial charge is 0.254 e. The van der Waals surface area contributed by atoms with E-state index in [9.17, 15) is 9.00 Å². The van der Waals surface area contributed by atoms with Gasteiger partial charge in [-0.2, -0.15) is 0 Å². The zero-order chi connectivity index (χ0) is 20.1. The van der Waals surface area contributed by atoms with Gasteiger partial charge in [-0.1, -0.05) is 0 Å². The third kappa shape index (κ3) is 4.60. The van der Waals surface area contributed by atoms with Crippen molar-refractivity contribution < 1.29 is 23.0 Å². The Hall–Kier alpha value is -2.23. The molecule has 1 aliphatic heterocycles. The van der Waals surface area contributed by atoms with Crippen molar-refractivity contribution in [3.05, 3.63) is 30.0 Å². The lowest BCUT2D eigenvalue weighted by Crippen LogP contribution is -2.39. The Bertz CT molecular complexity index is 868. The van der Waals surface area contributed by atoms with Crippen LogP contribution in [0.25, 0.3) is 10.9 Å². The first-order chi connectivity index (χ1) is 13.5. The Balaban J connectivity index is 1.73. The Morgan fingerprint density at radius 3 is 2.61 bits per heavy atom. The minimum atomic E-state index is -1.97. The number of hydrogen-bond acceptors (Lipinski definition) is 5. The van der Waals surface area contributed by atoms with E-state index in [0.717, 1.165) is 24.6 Å². The lowest BCUT2D eigenvalue weighted by atomic mass is 9.93. The summed E-state index contributed by atoms with van der Waals surface area (Å²) in [6.45, 7) is 1.84. The van der Waals surface area contributed by atoms with Crippen LogP contribution in [0.2, 0.25) is 0 Å². The molecule has 0 bridgehead atoms. The second-order valence-corrected chi connectivity index (χ2v) is 7.54. The number of pyridine rings is 1. The first-order valence-electron chi connectivity index (χ1n) is 9.18. The molecule has 1 unspecified atom stereocenters. The lowest BCUT2D eigenvalue weighted by Gasteiger charge is -2.32. The summed E-state index contributed by atoms with van der Waals surface area (Å²) < 4.78 is 32.6. The number of aromatic nitrogens is 1. The molecule has 0 aliphatic carbocycles. The second-order valence-electron chi connectivity index (χ2n) is 6.75. The summed E-state index contributed by atoms with van der Waals surface area (Å²) in [6.07, 6.45) is 4.22. The van der Waals surface area contributed by atoms with Gasteiger partial charge >= 0.3 is 0 Å². The maximum Gasteiger partial charge on any atom is 0.254 e. The Morgan fingerprint density at radius 1 is 1.29 bits per heavy atom. The van der Waals surface area contributed by atoms with Crippen molar-refractivity contribution in [1.82, 2.24) is 14.6 Å². The van der Waals surface area contributed by atoms with Crippen LogP contribution >= 0.6 is 0 Å². The minimum absolute atomic E-state index is 0.0207. The van der Waals surface area contributed by atoms with Gasteiger partial charge in [0.1, 0.15) is 0 Å². The van der Waals surface area contributed by atoms with Crippen LogP contribution in [0, 0.1) is 5.92 Å². The van der Waals surface area contributed by atoms with E-state index >= 15 is 0 Å². The molecule has 1 atom stereocenters. The summed E-state index contributed by atoms with van der Waals surface area (Å²) in [5, 5.41) is 0.738. The van der Waals surface area contributed by atoms with Crippen LogP contribution in [-0.4, -0.2) is 58.4 Å². The van der Waals surface area contributed by atoms with Crippen molar-refractivity contribution in [1.29, 1.82) is 0 Å². The third-order valence-electron chi connectivity index (χ3n) is 5.16. The zero-order valence-corrected chi connectivity index (χ0v) is 16.8. The number of likely N-dealkylation sites (tertiary alicyclic amines) is 1. The van der Waals surface area contributed by atoms with Crippen LogP contribution in [0.5, 0.6) is 11.5 Å². The second kappa shape index (κ2) is 9.31. The van der Waals surface area contributed by atoms with Gasteiger partial charge in [-0.25, -0.2) is 8.93 Å². The number of benzene rings is 1. The van der Waals surface area contributed by atoms with E-state index in [1.807, 2.05) is 4.90 Å². The van der Waals surface area contributed by atoms with Crippen molar-refractivity contribution in [2.75, 3.05) is 33.9 Å². The Kier molecular flexibility index (Phi) is 6.82. The molecule has 1 aromatic heterocycles. The summed E-state index contributed by atoms with van der Waals surface area (Å²) in [7, 11) is 3.13. The fraction of sp³-hybridized carbons (Fsp3) is 0.474. The van der Waals surface area contributed by atoms with Gasteiger partial charge in [0.25, 0.3) is 5.91 Å². The van der Waals surface area contributed by atoms with Gasteiger partial charge in [-0.3, -0.25) is 14.3 Å². The highest BCUT2D eigenvalue weighted by Crippen LogP contribution is 2.33. The highest BCUT2D eigenvalue weighted by atomic mass is 32.2. The number of carbonyl (C=O) groups excluding carboxylic acids is 1. The minimum Gasteiger partial charge on any atom is -0.493 e. The number of nitrogens with one attached hydrogen (secondary N) is 1. The molecule has 1 amide bonds. The molecule has 1 aromatic carbocycles. The number of methoxy groups -OCH3 is 2. The molecule has 0 saturated carbocycles. The van der Waals surface area contributed by atoms with Gasteiger partial charge in [0.2, 0.25) is 11.3 Å². The number of nitrogens with zero attached hydrogens (tertiary/aromatic N) is 2. The van der Waals surface area contributed by atoms with Crippen molar-refractivity contribution in [3.63, 3.8) is 0 Å². The fourth-order valence-corrected chi connectivity index (χ4v) is 3.90. The summed E-state index contributed by atoms with van der Waals surface area (Å²) in [6, 6.07) is 5.31. The van der Waals surface area contributed by atoms with Gasteiger partial charge in [-0.15, -0.1) is 0 Å². The molecule has 8 nitrogen and oxygen atoms in total. The summed E-state index contributed by atoms with van der Waals surface area (Å²) in [5.41, 5.74) is 1.28. The van der Waals surface area contributed by atoms with E-state index in [4.69, 9.17) is 14.0 Å². The van der Waals surface area contributed by atoms with E-state index in [1.165, 1.54) is 0 Å². The predicted octanol–water partition coefficient (Wildman–Crippen LogP) is 2.22. The van der Waals surface area contributed by atoms with Crippen molar-refractivity contribution in [3.8, 4) is 11.5 Å². The molecule has 2 heterocycles. The molecule has 1 saturated heterocycles. The third-order valence-corrected chi connectivity index (χ3v) is 5.61. The molecule has 0 spiro atoms. The van der Waals surface area contributed by atoms with Crippen molar-refractivity contribution >= 4 is 28.1 Å². The largest absolute Gasteiger partial charge is 0.493 e.